The minimum Gasteiger partial charge on any atom is -0.350 e. The van der Waals surface area contributed by atoms with Crippen LogP contribution in [-0.4, -0.2) is 22.6 Å². The maximum atomic E-state index is 5.89. The lowest BCUT2D eigenvalue weighted by Gasteiger charge is -2.18. The Hall–Kier alpha value is -1.94. The fourth-order valence-electron chi connectivity index (χ4n) is 2.23. The highest BCUT2D eigenvalue weighted by molar-refractivity contribution is 5.31. The molecular formula is C17H24N4. The summed E-state index contributed by atoms with van der Waals surface area (Å²) in [5.74, 6) is 1.06. The molecule has 4 nitrogen and oxygen atoms in total. The molecule has 0 aliphatic carbocycles. The summed E-state index contributed by atoms with van der Waals surface area (Å²) >= 11 is 0. The van der Waals surface area contributed by atoms with Crippen LogP contribution in [0.2, 0.25) is 0 Å². The molecule has 1 heterocycles. The van der Waals surface area contributed by atoms with Crippen LogP contribution in [0.5, 0.6) is 0 Å². The molecule has 0 spiro atoms. The highest BCUT2D eigenvalue weighted by Crippen LogP contribution is 2.15. The second kappa shape index (κ2) is 7.18. The van der Waals surface area contributed by atoms with Crippen molar-refractivity contribution in [2.45, 2.75) is 39.2 Å². The van der Waals surface area contributed by atoms with E-state index in [1.165, 1.54) is 5.56 Å². The van der Waals surface area contributed by atoms with Crippen LogP contribution in [0.1, 0.15) is 36.7 Å². The van der Waals surface area contributed by atoms with Crippen molar-refractivity contribution in [1.82, 2.24) is 9.97 Å². The smallest absolute Gasteiger partial charge is 0.223 e. The third-order valence-electron chi connectivity index (χ3n) is 3.41. The molecule has 21 heavy (non-hydrogen) atoms. The Labute approximate surface area is 126 Å². The number of hydrogen-bond donors (Lipinski definition) is 2. The predicted octanol–water partition coefficient (Wildman–Crippen LogP) is 2.89. The van der Waals surface area contributed by atoms with E-state index in [1.54, 1.807) is 0 Å². The van der Waals surface area contributed by atoms with Gasteiger partial charge in [-0.15, -0.1) is 0 Å². The van der Waals surface area contributed by atoms with E-state index in [9.17, 15) is 0 Å². The zero-order valence-electron chi connectivity index (χ0n) is 13.0. The van der Waals surface area contributed by atoms with E-state index in [1.807, 2.05) is 31.2 Å². The fourth-order valence-corrected chi connectivity index (χ4v) is 2.23. The normalized spacial score (nSPS) is 12.4. The lowest BCUT2D eigenvalue weighted by atomic mass is 10.1. The second-order valence-corrected chi connectivity index (χ2v) is 5.68. The van der Waals surface area contributed by atoms with Gasteiger partial charge < -0.3 is 11.1 Å². The number of nitrogens with zero attached hydrogens (tertiary/aromatic N) is 2. The standard InChI is InChI=1S/C17H24N4/c1-12(2)16-9-13(3)19-17(21-16)20-15(11-18)10-14-7-5-4-6-8-14/h4-9,12,15H,10-11,18H2,1-3H3,(H,19,20,21). The number of nitrogens with two attached hydrogens (primary N) is 1. The molecule has 1 unspecified atom stereocenters. The largest absolute Gasteiger partial charge is 0.350 e. The highest BCUT2D eigenvalue weighted by Gasteiger charge is 2.11. The Morgan fingerprint density at radius 1 is 1.14 bits per heavy atom. The first-order chi connectivity index (χ1) is 10.1. The number of aryl methyl sites for hydroxylation is 1. The Morgan fingerprint density at radius 2 is 1.86 bits per heavy atom. The molecule has 2 aromatic rings. The van der Waals surface area contributed by atoms with E-state index in [4.69, 9.17) is 5.73 Å². The third-order valence-corrected chi connectivity index (χ3v) is 3.41. The maximum absolute atomic E-state index is 5.89. The van der Waals surface area contributed by atoms with Crippen LogP contribution in [-0.2, 0) is 6.42 Å². The molecule has 1 aromatic heterocycles. The average Bonchev–Trinajstić information content (AvgIpc) is 2.47. The monoisotopic (exact) mass is 284 g/mol. The van der Waals surface area contributed by atoms with E-state index >= 15 is 0 Å². The molecule has 0 fully saturated rings. The van der Waals surface area contributed by atoms with Gasteiger partial charge in [-0.05, 0) is 30.9 Å². The van der Waals surface area contributed by atoms with Crippen molar-refractivity contribution in [3.63, 3.8) is 0 Å². The highest BCUT2D eigenvalue weighted by atomic mass is 15.1. The SMILES string of the molecule is Cc1cc(C(C)C)nc(NC(CN)Cc2ccccc2)n1. The van der Waals surface area contributed by atoms with Gasteiger partial charge in [-0.3, -0.25) is 0 Å². The van der Waals surface area contributed by atoms with Crippen molar-refractivity contribution >= 4 is 5.95 Å². The molecule has 3 N–H and O–H groups in total. The molecule has 0 aliphatic rings. The molecule has 0 bridgehead atoms. The molecule has 112 valence electrons. The van der Waals surface area contributed by atoms with E-state index < -0.39 is 0 Å². The molecule has 1 atom stereocenters. The third kappa shape index (κ3) is 4.53. The van der Waals surface area contributed by atoms with Gasteiger partial charge in [-0.1, -0.05) is 44.2 Å². The zero-order chi connectivity index (χ0) is 15.2. The summed E-state index contributed by atoms with van der Waals surface area (Å²) in [7, 11) is 0. The van der Waals surface area contributed by atoms with Crippen LogP contribution >= 0.6 is 0 Å². The van der Waals surface area contributed by atoms with Crippen LogP contribution in [0.3, 0.4) is 0 Å². The molecule has 1 aromatic carbocycles. The number of aromatic nitrogens is 2. The van der Waals surface area contributed by atoms with Crippen molar-refractivity contribution in [3.8, 4) is 0 Å². The molecule has 0 saturated carbocycles. The van der Waals surface area contributed by atoms with Crippen LogP contribution < -0.4 is 11.1 Å². The van der Waals surface area contributed by atoms with Crippen molar-refractivity contribution in [3.05, 3.63) is 53.3 Å². The summed E-state index contributed by atoms with van der Waals surface area (Å²) in [5, 5.41) is 3.37. The van der Waals surface area contributed by atoms with Crippen LogP contribution in [0.25, 0.3) is 0 Å². The van der Waals surface area contributed by atoms with Crippen molar-refractivity contribution in [2.75, 3.05) is 11.9 Å². The maximum Gasteiger partial charge on any atom is 0.223 e. The molecule has 0 amide bonds. The van der Waals surface area contributed by atoms with Gasteiger partial charge in [-0.25, -0.2) is 9.97 Å². The number of rotatable bonds is 6. The first-order valence-corrected chi connectivity index (χ1v) is 7.44. The number of benzene rings is 1. The molecule has 0 saturated heterocycles. The van der Waals surface area contributed by atoms with Gasteiger partial charge in [0.25, 0.3) is 0 Å². The van der Waals surface area contributed by atoms with E-state index in [-0.39, 0.29) is 6.04 Å². The van der Waals surface area contributed by atoms with E-state index in [0.29, 0.717) is 18.4 Å². The fraction of sp³-hybridized carbons (Fsp3) is 0.412. The Morgan fingerprint density at radius 3 is 2.48 bits per heavy atom. The topological polar surface area (TPSA) is 63.8 Å². The first-order valence-electron chi connectivity index (χ1n) is 7.44. The van der Waals surface area contributed by atoms with E-state index in [0.717, 1.165) is 17.8 Å². The summed E-state index contributed by atoms with van der Waals surface area (Å²) in [6.45, 7) is 6.81. The molecular weight excluding hydrogens is 260 g/mol. The van der Waals surface area contributed by atoms with Gasteiger partial charge in [0.15, 0.2) is 0 Å². The Bertz CT molecular complexity index is 566. The van der Waals surface area contributed by atoms with Gasteiger partial charge in [0.05, 0.1) is 0 Å². The number of anilines is 1. The summed E-state index contributed by atoms with van der Waals surface area (Å²) in [4.78, 5) is 9.05. The quantitative estimate of drug-likeness (QED) is 0.856. The summed E-state index contributed by atoms with van der Waals surface area (Å²) < 4.78 is 0. The van der Waals surface area contributed by atoms with Crippen molar-refractivity contribution in [1.29, 1.82) is 0 Å². The minimum absolute atomic E-state index is 0.134. The van der Waals surface area contributed by atoms with Gasteiger partial charge in [0.2, 0.25) is 5.95 Å². The van der Waals surface area contributed by atoms with Gasteiger partial charge in [0, 0.05) is 24.0 Å². The van der Waals surface area contributed by atoms with Crippen molar-refractivity contribution < 1.29 is 0 Å². The van der Waals surface area contributed by atoms with E-state index in [2.05, 4.69) is 41.3 Å². The molecule has 2 rings (SSSR count). The number of nitrogens with one attached hydrogen (secondary N) is 1. The first kappa shape index (κ1) is 15.4. The zero-order valence-corrected chi connectivity index (χ0v) is 13.0. The molecule has 0 radical (unpaired) electrons. The van der Waals surface area contributed by atoms with Gasteiger partial charge >= 0.3 is 0 Å². The minimum atomic E-state index is 0.134. The van der Waals surface area contributed by atoms with Gasteiger partial charge in [0.1, 0.15) is 0 Å². The lowest BCUT2D eigenvalue weighted by Crippen LogP contribution is -2.32. The summed E-state index contributed by atoms with van der Waals surface area (Å²) in [6.07, 6.45) is 0.867. The Kier molecular flexibility index (Phi) is 5.28. The van der Waals surface area contributed by atoms with Crippen molar-refractivity contribution in [2.24, 2.45) is 5.73 Å². The van der Waals surface area contributed by atoms with Gasteiger partial charge in [-0.2, -0.15) is 0 Å². The summed E-state index contributed by atoms with van der Waals surface area (Å²) in [6, 6.07) is 12.5. The van der Waals surface area contributed by atoms with Crippen LogP contribution in [0.4, 0.5) is 5.95 Å². The molecule has 0 aliphatic heterocycles. The summed E-state index contributed by atoms with van der Waals surface area (Å²) in [5.41, 5.74) is 9.18. The molecule has 4 heteroatoms. The Balaban J connectivity index is 2.11. The second-order valence-electron chi connectivity index (χ2n) is 5.68. The number of hydrogen-bond acceptors (Lipinski definition) is 4. The van der Waals surface area contributed by atoms with Crippen LogP contribution in [0.15, 0.2) is 36.4 Å². The average molecular weight is 284 g/mol. The predicted molar refractivity (Wildman–Crippen MR) is 87.5 cm³/mol. The lowest BCUT2D eigenvalue weighted by molar-refractivity contribution is 0.709. The van der Waals surface area contributed by atoms with Crippen LogP contribution in [0, 0.1) is 6.92 Å².